The van der Waals surface area contributed by atoms with Crippen LogP contribution in [0.4, 0.5) is 4.39 Å². The molecule has 1 aromatic carbocycles. The van der Waals surface area contributed by atoms with E-state index >= 15 is 0 Å². The van der Waals surface area contributed by atoms with Gasteiger partial charge in [0, 0.05) is 18.7 Å². The molecule has 1 fully saturated rings. The Kier molecular flexibility index (Phi) is 4.13. The largest absolute Gasteiger partial charge is 0.341 e. The lowest BCUT2D eigenvalue weighted by atomic mass is 9.99. The summed E-state index contributed by atoms with van der Waals surface area (Å²) in [7, 11) is 0. The summed E-state index contributed by atoms with van der Waals surface area (Å²) in [6.07, 6.45) is 2.08. The molecule has 1 aromatic heterocycles. The lowest BCUT2D eigenvalue weighted by molar-refractivity contribution is -0.133. The van der Waals surface area contributed by atoms with Gasteiger partial charge in [0.2, 0.25) is 11.7 Å². The smallest absolute Gasteiger partial charge is 0.246 e. The summed E-state index contributed by atoms with van der Waals surface area (Å²) in [6, 6.07) is 5.86. The highest BCUT2D eigenvalue weighted by Crippen LogP contribution is 2.16. The van der Waals surface area contributed by atoms with Crippen LogP contribution < -0.4 is 0 Å². The molecule has 0 saturated carbocycles. The van der Waals surface area contributed by atoms with E-state index in [1.807, 2.05) is 4.90 Å². The molecule has 0 N–H and O–H groups in total. The number of tetrazole rings is 1. The highest BCUT2D eigenvalue weighted by atomic mass is 19.1. The maximum Gasteiger partial charge on any atom is 0.246 e. The summed E-state index contributed by atoms with van der Waals surface area (Å²) < 4.78 is 12.9. The molecule has 2 aromatic rings. The zero-order chi connectivity index (χ0) is 15.5. The standard InChI is InChI=1S/C15H18FN5O/c1-11-6-8-20(9-7-11)14(22)10-21-18-15(17-19-21)12-2-4-13(16)5-3-12/h2-5,11H,6-10H2,1H3. The third-order valence-corrected chi connectivity index (χ3v) is 3.97. The summed E-state index contributed by atoms with van der Waals surface area (Å²) in [6.45, 7) is 3.87. The SMILES string of the molecule is CC1CCN(C(=O)Cn2nnc(-c3ccc(F)cc3)n2)CC1. The molecule has 1 saturated heterocycles. The second kappa shape index (κ2) is 6.21. The van der Waals surface area contributed by atoms with E-state index in [0.717, 1.165) is 25.9 Å². The first kappa shape index (κ1) is 14.6. The van der Waals surface area contributed by atoms with Gasteiger partial charge in [0.1, 0.15) is 12.4 Å². The molecule has 3 rings (SSSR count). The van der Waals surface area contributed by atoms with Crippen LogP contribution in [0.2, 0.25) is 0 Å². The van der Waals surface area contributed by atoms with Crippen LogP contribution in [0.25, 0.3) is 11.4 Å². The van der Waals surface area contributed by atoms with Crippen LogP contribution in [-0.2, 0) is 11.3 Å². The molecule has 0 atom stereocenters. The van der Waals surface area contributed by atoms with Gasteiger partial charge in [-0.2, -0.15) is 4.80 Å². The van der Waals surface area contributed by atoms with Crippen molar-refractivity contribution in [1.29, 1.82) is 0 Å². The van der Waals surface area contributed by atoms with E-state index in [1.165, 1.54) is 16.9 Å². The van der Waals surface area contributed by atoms with Crippen molar-refractivity contribution in [2.75, 3.05) is 13.1 Å². The van der Waals surface area contributed by atoms with Gasteiger partial charge in [-0.3, -0.25) is 4.79 Å². The van der Waals surface area contributed by atoms with Gasteiger partial charge in [-0.1, -0.05) is 6.92 Å². The summed E-state index contributed by atoms with van der Waals surface area (Å²) in [4.78, 5) is 15.4. The minimum Gasteiger partial charge on any atom is -0.341 e. The van der Waals surface area contributed by atoms with Gasteiger partial charge in [0.25, 0.3) is 0 Å². The van der Waals surface area contributed by atoms with E-state index in [9.17, 15) is 9.18 Å². The van der Waals surface area contributed by atoms with Gasteiger partial charge < -0.3 is 4.90 Å². The Morgan fingerprint density at radius 3 is 2.64 bits per heavy atom. The van der Waals surface area contributed by atoms with E-state index < -0.39 is 0 Å². The van der Waals surface area contributed by atoms with Gasteiger partial charge in [0.05, 0.1) is 0 Å². The van der Waals surface area contributed by atoms with Crippen molar-refractivity contribution in [1.82, 2.24) is 25.1 Å². The number of carbonyl (C=O) groups excluding carboxylic acids is 1. The number of halogens is 1. The summed E-state index contributed by atoms with van der Waals surface area (Å²) in [5, 5.41) is 12.0. The van der Waals surface area contributed by atoms with Gasteiger partial charge in [-0.15, -0.1) is 10.2 Å². The molecule has 2 heterocycles. The molecular weight excluding hydrogens is 285 g/mol. The topological polar surface area (TPSA) is 63.9 Å². The van der Waals surface area contributed by atoms with Crippen molar-refractivity contribution in [2.24, 2.45) is 5.92 Å². The number of hydrogen-bond acceptors (Lipinski definition) is 4. The second-order valence-corrected chi connectivity index (χ2v) is 5.71. The Morgan fingerprint density at radius 2 is 1.95 bits per heavy atom. The number of aromatic nitrogens is 4. The maximum absolute atomic E-state index is 12.9. The molecule has 0 aliphatic carbocycles. The number of piperidine rings is 1. The number of carbonyl (C=O) groups is 1. The monoisotopic (exact) mass is 303 g/mol. The lowest BCUT2D eigenvalue weighted by Gasteiger charge is -2.30. The van der Waals surface area contributed by atoms with E-state index in [0.29, 0.717) is 17.3 Å². The molecule has 0 unspecified atom stereocenters. The van der Waals surface area contributed by atoms with Gasteiger partial charge >= 0.3 is 0 Å². The van der Waals surface area contributed by atoms with Gasteiger partial charge in [-0.05, 0) is 48.2 Å². The molecule has 1 amide bonds. The Balaban J connectivity index is 1.64. The van der Waals surface area contributed by atoms with Crippen molar-refractivity contribution in [3.63, 3.8) is 0 Å². The average Bonchev–Trinajstić information content (AvgIpc) is 2.97. The molecule has 1 aliphatic rings. The van der Waals surface area contributed by atoms with E-state index in [-0.39, 0.29) is 18.3 Å². The summed E-state index contributed by atoms with van der Waals surface area (Å²) in [5.74, 6) is 0.763. The molecule has 6 nitrogen and oxygen atoms in total. The molecule has 116 valence electrons. The van der Waals surface area contributed by atoms with Crippen molar-refractivity contribution in [2.45, 2.75) is 26.3 Å². The molecule has 1 aliphatic heterocycles. The number of amides is 1. The predicted octanol–water partition coefficient (Wildman–Crippen LogP) is 1.74. The van der Waals surface area contributed by atoms with Crippen molar-refractivity contribution in [3.05, 3.63) is 30.1 Å². The third kappa shape index (κ3) is 3.29. The van der Waals surface area contributed by atoms with Crippen LogP contribution in [-0.4, -0.2) is 44.1 Å². The van der Waals surface area contributed by atoms with Gasteiger partial charge in [0.15, 0.2) is 0 Å². The fourth-order valence-electron chi connectivity index (χ4n) is 2.50. The summed E-state index contributed by atoms with van der Waals surface area (Å²) in [5.41, 5.74) is 0.673. The highest BCUT2D eigenvalue weighted by molar-refractivity contribution is 5.75. The zero-order valence-corrected chi connectivity index (χ0v) is 12.4. The number of rotatable bonds is 3. The Hall–Kier alpha value is -2.31. The van der Waals surface area contributed by atoms with E-state index in [4.69, 9.17) is 0 Å². The van der Waals surface area contributed by atoms with Crippen LogP contribution in [0, 0.1) is 11.7 Å². The number of benzene rings is 1. The number of nitrogens with zero attached hydrogens (tertiary/aromatic N) is 5. The first-order valence-electron chi connectivity index (χ1n) is 7.43. The fourth-order valence-corrected chi connectivity index (χ4v) is 2.50. The molecular formula is C15H18FN5O. The molecule has 7 heteroatoms. The molecule has 0 bridgehead atoms. The van der Waals surface area contributed by atoms with Crippen molar-refractivity contribution >= 4 is 5.91 Å². The van der Waals surface area contributed by atoms with Crippen LogP contribution >= 0.6 is 0 Å². The fraction of sp³-hybridized carbons (Fsp3) is 0.467. The normalized spacial score (nSPS) is 16.0. The van der Waals surface area contributed by atoms with Crippen LogP contribution in [0.5, 0.6) is 0 Å². The van der Waals surface area contributed by atoms with Crippen LogP contribution in [0.15, 0.2) is 24.3 Å². The Bertz CT molecular complexity index is 646. The van der Waals surface area contributed by atoms with E-state index in [1.54, 1.807) is 12.1 Å². The molecule has 0 radical (unpaired) electrons. The van der Waals surface area contributed by atoms with E-state index in [2.05, 4.69) is 22.3 Å². The minimum absolute atomic E-state index is 0.00922. The van der Waals surface area contributed by atoms with Crippen molar-refractivity contribution < 1.29 is 9.18 Å². The molecule has 0 spiro atoms. The summed E-state index contributed by atoms with van der Waals surface area (Å²) >= 11 is 0. The number of likely N-dealkylation sites (tertiary alicyclic amines) is 1. The Morgan fingerprint density at radius 1 is 1.27 bits per heavy atom. The van der Waals surface area contributed by atoms with Crippen molar-refractivity contribution in [3.8, 4) is 11.4 Å². The highest BCUT2D eigenvalue weighted by Gasteiger charge is 2.21. The van der Waals surface area contributed by atoms with Crippen LogP contribution in [0.3, 0.4) is 0 Å². The maximum atomic E-state index is 12.9. The third-order valence-electron chi connectivity index (χ3n) is 3.97. The average molecular weight is 303 g/mol. The molecule has 22 heavy (non-hydrogen) atoms. The first-order chi connectivity index (χ1) is 10.6. The quantitative estimate of drug-likeness (QED) is 0.866. The zero-order valence-electron chi connectivity index (χ0n) is 12.4. The second-order valence-electron chi connectivity index (χ2n) is 5.71. The van der Waals surface area contributed by atoms with Gasteiger partial charge in [-0.25, -0.2) is 4.39 Å². The Labute approximate surface area is 127 Å². The predicted molar refractivity (Wildman–Crippen MR) is 78.2 cm³/mol. The number of hydrogen-bond donors (Lipinski definition) is 0. The van der Waals surface area contributed by atoms with Crippen LogP contribution in [0.1, 0.15) is 19.8 Å². The minimum atomic E-state index is -0.314. The first-order valence-corrected chi connectivity index (χ1v) is 7.43. The lowest BCUT2D eigenvalue weighted by Crippen LogP contribution is -2.40.